The van der Waals surface area contributed by atoms with Gasteiger partial charge in [0.2, 0.25) is 0 Å². The van der Waals surface area contributed by atoms with Crippen molar-refractivity contribution in [2.24, 2.45) is 13.0 Å². The minimum atomic E-state index is -4.72. The Morgan fingerprint density at radius 2 is 2.31 bits per heavy atom. The lowest BCUT2D eigenvalue weighted by molar-refractivity contribution is -0.188. The first-order valence-corrected chi connectivity index (χ1v) is 5.20. The summed E-state index contributed by atoms with van der Waals surface area (Å²) in [5.74, 6) is -4.76. The van der Waals surface area contributed by atoms with E-state index in [0.717, 1.165) is 11.8 Å². The van der Waals surface area contributed by atoms with E-state index in [1.165, 1.54) is 17.1 Å². The summed E-state index contributed by atoms with van der Waals surface area (Å²) >= 11 is 0.820. The highest BCUT2D eigenvalue weighted by Crippen LogP contribution is 2.31. The largest absolute Gasteiger partial charge is 0.481 e. The summed E-state index contributed by atoms with van der Waals surface area (Å²) in [7, 11) is 1.63. The fraction of sp³-hybridized carbons (Fsp3) is 0.500. The Kier molecular flexibility index (Phi) is 3.84. The molecule has 1 rings (SSSR count). The van der Waals surface area contributed by atoms with Crippen molar-refractivity contribution in [1.82, 2.24) is 9.78 Å². The second kappa shape index (κ2) is 4.77. The van der Waals surface area contributed by atoms with Crippen LogP contribution >= 0.6 is 11.8 Å². The Balaban J connectivity index is 2.61. The summed E-state index contributed by atoms with van der Waals surface area (Å²) in [6.45, 7) is 0. The van der Waals surface area contributed by atoms with Crippen molar-refractivity contribution >= 4 is 17.7 Å². The smallest absolute Gasteiger partial charge is 0.403 e. The van der Waals surface area contributed by atoms with Gasteiger partial charge < -0.3 is 5.11 Å². The van der Waals surface area contributed by atoms with Gasteiger partial charge in [-0.05, 0) is 0 Å². The Labute approximate surface area is 93.4 Å². The van der Waals surface area contributed by atoms with Crippen LogP contribution in [0.4, 0.5) is 13.2 Å². The average molecular weight is 254 g/mol. The van der Waals surface area contributed by atoms with Crippen molar-refractivity contribution in [3.63, 3.8) is 0 Å². The standard InChI is InChI=1S/C8H9F3N2O2S/c1-13-3-5(2-12-13)16-4-6(7(14)15)8(9,10)11/h2-3,6H,4H2,1H3,(H,14,15). The number of hydrogen-bond donors (Lipinski definition) is 1. The molecule has 1 unspecified atom stereocenters. The molecule has 1 N–H and O–H groups in total. The van der Waals surface area contributed by atoms with Gasteiger partial charge in [-0.3, -0.25) is 9.48 Å². The number of rotatable bonds is 4. The molecule has 0 amide bonds. The molecule has 1 heterocycles. The Morgan fingerprint density at radius 3 is 2.69 bits per heavy atom. The van der Waals surface area contributed by atoms with Gasteiger partial charge >= 0.3 is 12.1 Å². The van der Waals surface area contributed by atoms with Crippen LogP contribution in [-0.4, -0.2) is 32.8 Å². The molecule has 0 aliphatic heterocycles. The van der Waals surface area contributed by atoms with Gasteiger partial charge in [0, 0.05) is 23.9 Å². The molecule has 0 saturated heterocycles. The minimum absolute atomic E-state index is 0.512. The summed E-state index contributed by atoms with van der Waals surface area (Å²) in [4.78, 5) is 10.9. The highest BCUT2D eigenvalue weighted by molar-refractivity contribution is 7.99. The minimum Gasteiger partial charge on any atom is -0.481 e. The first-order chi connectivity index (χ1) is 7.30. The molecule has 0 aromatic carbocycles. The zero-order valence-corrected chi connectivity index (χ0v) is 9.05. The van der Waals surface area contributed by atoms with E-state index in [0.29, 0.717) is 4.90 Å². The normalized spacial score (nSPS) is 13.8. The molecule has 1 aromatic heterocycles. The molecule has 0 aliphatic carbocycles. The molecule has 0 spiro atoms. The molecule has 4 nitrogen and oxygen atoms in total. The Bertz CT molecular complexity index is 378. The first kappa shape index (κ1) is 12.9. The third-order valence-corrected chi connectivity index (χ3v) is 2.84. The lowest BCUT2D eigenvalue weighted by Gasteiger charge is -2.14. The van der Waals surface area contributed by atoms with Gasteiger partial charge in [-0.1, -0.05) is 0 Å². The third-order valence-electron chi connectivity index (χ3n) is 1.79. The number of aryl methyl sites for hydroxylation is 1. The van der Waals surface area contributed by atoms with E-state index in [2.05, 4.69) is 5.10 Å². The second-order valence-electron chi connectivity index (χ2n) is 3.09. The number of hydrogen-bond acceptors (Lipinski definition) is 3. The van der Waals surface area contributed by atoms with E-state index in [1.54, 1.807) is 7.05 Å². The zero-order valence-electron chi connectivity index (χ0n) is 8.23. The van der Waals surface area contributed by atoms with Gasteiger partial charge in [-0.2, -0.15) is 18.3 Å². The number of alkyl halides is 3. The summed E-state index contributed by atoms with van der Waals surface area (Å²) in [6, 6.07) is 0. The SMILES string of the molecule is Cn1cc(SCC(C(=O)O)C(F)(F)F)cn1. The van der Waals surface area contributed by atoms with Crippen molar-refractivity contribution in [3.05, 3.63) is 12.4 Å². The summed E-state index contributed by atoms with van der Waals surface area (Å²) in [6.07, 6.45) is -1.80. The number of halogens is 3. The molecule has 16 heavy (non-hydrogen) atoms. The van der Waals surface area contributed by atoms with Gasteiger partial charge in [-0.15, -0.1) is 11.8 Å². The monoisotopic (exact) mass is 254 g/mol. The number of thioether (sulfide) groups is 1. The summed E-state index contributed by atoms with van der Waals surface area (Å²) in [5.41, 5.74) is 0. The molecule has 0 fully saturated rings. The van der Waals surface area contributed by atoms with Crippen LogP contribution in [0.25, 0.3) is 0 Å². The third kappa shape index (κ3) is 3.44. The van der Waals surface area contributed by atoms with Crippen LogP contribution < -0.4 is 0 Å². The quantitative estimate of drug-likeness (QED) is 0.832. The topological polar surface area (TPSA) is 55.1 Å². The molecule has 0 aliphatic rings. The number of carboxylic acid groups (broad SMARTS) is 1. The van der Waals surface area contributed by atoms with E-state index >= 15 is 0 Å². The van der Waals surface area contributed by atoms with E-state index < -0.39 is 23.8 Å². The van der Waals surface area contributed by atoms with Crippen LogP contribution in [-0.2, 0) is 11.8 Å². The predicted octanol–water partition coefficient (Wildman–Crippen LogP) is 1.78. The van der Waals surface area contributed by atoms with Crippen molar-refractivity contribution in [2.75, 3.05) is 5.75 Å². The molecule has 90 valence electrons. The zero-order chi connectivity index (χ0) is 12.3. The van der Waals surface area contributed by atoms with E-state index in [9.17, 15) is 18.0 Å². The summed E-state index contributed by atoms with van der Waals surface area (Å²) in [5, 5.41) is 12.2. The number of aromatic nitrogens is 2. The maximum Gasteiger partial charge on any atom is 0.403 e. The second-order valence-corrected chi connectivity index (χ2v) is 4.19. The number of aliphatic carboxylic acids is 1. The summed E-state index contributed by atoms with van der Waals surface area (Å²) < 4.78 is 38.2. The van der Waals surface area contributed by atoms with E-state index in [1.807, 2.05) is 0 Å². The number of carbonyl (C=O) groups is 1. The lowest BCUT2D eigenvalue weighted by Crippen LogP contribution is -2.32. The number of nitrogens with zero attached hydrogens (tertiary/aromatic N) is 2. The van der Waals surface area contributed by atoms with Gasteiger partial charge in [0.25, 0.3) is 0 Å². The first-order valence-electron chi connectivity index (χ1n) is 4.21. The highest BCUT2D eigenvalue weighted by atomic mass is 32.2. The lowest BCUT2D eigenvalue weighted by atomic mass is 10.2. The van der Waals surface area contributed by atoms with Crippen molar-refractivity contribution < 1.29 is 23.1 Å². The van der Waals surface area contributed by atoms with E-state index in [4.69, 9.17) is 5.11 Å². The van der Waals surface area contributed by atoms with Crippen LogP contribution in [0.2, 0.25) is 0 Å². The van der Waals surface area contributed by atoms with Crippen molar-refractivity contribution in [3.8, 4) is 0 Å². The molecule has 1 atom stereocenters. The van der Waals surface area contributed by atoms with Crippen LogP contribution in [0.15, 0.2) is 17.3 Å². The van der Waals surface area contributed by atoms with Crippen LogP contribution in [0.1, 0.15) is 0 Å². The predicted molar refractivity (Wildman–Crippen MR) is 51.1 cm³/mol. The van der Waals surface area contributed by atoms with Gasteiger partial charge in [0.15, 0.2) is 5.92 Å². The van der Waals surface area contributed by atoms with Gasteiger partial charge in [0.1, 0.15) is 0 Å². The van der Waals surface area contributed by atoms with Crippen molar-refractivity contribution in [2.45, 2.75) is 11.1 Å². The van der Waals surface area contributed by atoms with Gasteiger partial charge in [0.05, 0.1) is 6.20 Å². The fourth-order valence-corrected chi connectivity index (χ4v) is 2.00. The molecule has 8 heteroatoms. The molecule has 0 bridgehead atoms. The highest BCUT2D eigenvalue weighted by Gasteiger charge is 2.44. The fourth-order valence-electron chi connectivity index (χ4n) is 0.959. The molecule has 1 aromatic rings. The van der Waals surface area contributed by atoms with Gasteiger partial charge in [-0.25, -0.2) is 0 Å². The number of carboxylic acids is 1. The van der Waals surface area contributed by atoms with Crippen LogP contribution in [0.5, 0.6) is 0 Å². The average Bonchev–Trinajstić information content (AvgIpc) is 2.48. The van der Waals surface area contributed by atoms with Crippen molar-refractivity contribution in [1.29, 1.82) is 0 Å². The molecular weight excluding hydrogens is 245 g/mol. The van der Waals surface area contributed by atoms with E-state index in [-0.39, 0.29) is 0 Å². The van der Waals surface area contributed by atoms with Crippen LogP contribution in [0.3, 0.4) is 0 Å². The molecule has 0 saturated carbocycles. The Morgan fingerprint density at radius 1 is 1.69 bits per heavy atom. The molecular formula is C8H9F3N2O2S. The Hall–Kier alpha value is -1.18. The molecule has 0 radical (unpaired) electrons. The maximum atomic E-state index is 12.3. The van der Waals surface area contributed by atoms with Crippen LogP contribution in [0, 0.1) is 5.92 Å². The maximum absolute atomic E-state index is 12.3.